The molecule has 0 aliphatic heterocycles. The number of rotatable bonds is 6. The van der Waals surface area contributed by atoms with Gasteiger partial charge in [-0.25, -0.2) is 0 Å². The number of hydrogen-bond donors (Lipinski definition) is 2. The Bertz CT molecular complexity index is 262. The van der Waals surface area contributed by atoms with Crippen molar-refractivity contribution in [2.45, 2.75) is 26.8 Å². The third-order valence-electron chi connectivity index (χ3n) is 1.97. The van der Waals surface area contributed by atoms with E-state index in [1.54, 1.807) is 6.92 Å². The van der Waals surface area contributed by atoms with E-state index < -0.39 is 0 Å². The molecule has 0 fully saturated rings. The molecule has 1 aromatic rings. The molecule has 0 bridgehead atoms. The number of nitrogens with zero attached hydrogens (tertiary/aromatic N) is 2. The minimum Gasteiger partial charge on any atom is -0.396 e. The molecule has 0 amide bonds. The predicted octanol–water partition coefficient (Wildman–Crippen LogP) is 0.486. The average molecular weight is 199 g/mol. The van der Waals surface area contributed by atoms with Crippen molar-refractivity contribution in [1.82, 2.24) is 15.5 Å². The number of aliphatic hydroxyl groups excluding tert-OH is 1. The van der Waals surface area contributed by atoms with E-state index in [4.69, 9.17) is 9.63 Å². The zero-order chi connectivity index (χ0) is 10.4. The Morgan fingerprint density at radius 1 is 1.57 bits per heavy atom. The second-order valence-electron chi connectivity index (χ2n) is 3.48. The van der Waals surface area contributed by atoms with Gasteiger partial charge >= 0.3 is 0 Å². The van der Waals surface area contributed by atoms with Crippen LogP contribution in [0.25, 0.3) is 0 Å². The van der Waals surface area contributed by atoms with Crippen molar-refractivity contribution in [2.24, 2.45) is 5.92 Å². The molecule has 2 N–H and O–H groups in total. The zero-order valence-corrected chi connectivity index (χ0v) is 8.66. The van der Waals surface area contributed by atoms with Crippen molar-refractivity contribution < 1.29 is 9.63 Å². The molecule has 1 rings (SSSR count). The Morgan fingerprint density at radius 2 is 2.36 bits per heavy atom. The first-order chi connectivity index (χ1) is 6.72. The first-order valence-electron chi connectivity index (χ1n) is 4.83. The molecule has 0 aromatic carbocycles. The summed E-state index contributed by atoms with van der Waals surface area (Å²) in [5.74, 6) is 1.73. The fraction of sp³-hybridized carbons (Fsp3) is 0.778. The lowest BCUT2D eigenvalue weighted by Gasteiger charge is -2.08. The number of aliphatic hydroxyl groups is 1. The molecular formula is C9H17N3O2. The fourth-order valence-corrected chi connectivity index (χ4v) is 1.17. The topological polar surface area (TPSA) is 71.2 Å². The van der Waals surface area contributed by atoms with Gasteiger partial charge in [-0.2, -0.15) is 4.98 Å². The van der Waals surface area contributed by atoms with Crippen LogP contribution in [0.15, 0.2) is 4.52 Å². The maximum atomic E-state index is 8.69. The summed E-state index contributed by atoms with van der Waals surface area (Å²) in [4.78, 5) is 4.06. The summed E-state index contributed by atoms with van der Waals surface area (Å²) in [5, 5.41) is 15.7. The first kappa shape index (κ1) is 11.1. The summed E-state index contributed by atoms with van der Waals surface area (Å²) in [7, 11) is 0. The van der Waals surface area contributed by atoms with Crippen LogP contribution in [-0.2, 0) is 6.54 Å². The van der Waals surface area contributed by atoms with Crippen molar-refractivity contribution in [3.05, 3.63) is 11.7 Å². The Morgan fingerprint density at radius 3 is 2.93 bits per heavy atom. The van der Waals surface area contributed by atoms with Crippen molar-refractivity contribution in [1.29, 1.82) is 0 Å². The fourth-order valence-electron chi connectivity index (χ4n) is 1.17. The van der Waals surface area contributed by atoms with E-state index in [1.807, 2.05) is 0 Å². The lowest BCUT2D eigenvalue weighted by Crippen LogP contribution is -2.21. The Hall–Kier alpha value is -0.940. The normalized spacial score (nSPS) is 13.1. The Labute approximate surface area is 83.5 Å². The monoisotopic (exact) mass is 199 g/mol. The molecule has 5 nitrogen and oxygen atoms in total. The standard InChI is InChI=1S/C9H17N3O2/c1-7(3-4-13)5-10-6-9-11-8(2)14-12-9/h7,10,13H,3-6H2,1-2H3. The summed E-state index contributed by atoms with van der Waals surface area (Å²) < 4.78 is 4.83. The number of nitrogens with one attached hydrogen (secondary N) is 1. The third-order valence-corrected chi connectivity index (χ3v) is 1.97. The Kier molecular flexibility index (Phi) is 4.55. The van der Waals surface area contributed by atoms with Gasteiger partial charge in [-0.3, -0.25) is 0 Å². The van der Waals surface area contributed by atoms with Crippen molar-refractivity contribution in [3.63, 3.8) is 0 Å². The number of aryl methyl sites for hydroxylation is 1. The van der Waals surface area contributed by atoms with Crippen LogP contribution in [0.3, 0.4) is 0 Å². The minimum absolute atomic E-state index is 0.240. The van der Waals surface area contributed by atoms with E-state index in [9.17, 15) is 0 Å². The molecule has 1 aromatic heterocycles. The van der Waals surface area contributed by atoms with Gasteiger partial charge in [0.15, 0.2) is 5.82 Å². The van der Waals surface area contributed by atoms with E-state index in [0.717, 1.165) is 13.0 Å². The zero-order valence-electron chi connectivity index (χ0n) is 8.66. The molecule has 14 heavy (non-hydrogen) atoms. The van der Waals surface area contributed by atoms with Gasteiger partial charge in [-0.1, -0.05) is 12.1 Å². The molecule has 0 saturated heterocycles. The molecule has 80 valence electrons. The third kappa shape index (κ3) is 3.85. The maximum absolute atomic E-state index is 8.69. The van der Waals surface area contributed by atoms with Crippen LogP contribution >= 0.6 is 0 Å². The van der Waals surface area contributed by atoms with Crippen molar-refractivity contribution >= 4 is 0 Å². The molecule has 0 aliphatic carbocycles. The highest BCUT2D eigenvalue weighted by molar-refractivity contribution is 4.82. The first-order valence-corrected chi connectivity index (χ1v) is 4.83. The van der Waals surface area contributed by atoms with Crippen LogP contribution in [0.2, 0.25) is 0 Å². The molecule has 0 saturated carbocycles. The van der Waals surface area contributed by atoms with Crippen LogP contribution < -0.4 is 5.32 Å². The quantitative estimate of drug-likeness (QED) is 0.697. The van der Waals surface area contributed by atoms with Crippen molar-refractivity contribution in [2.75, 3.05) is 13.2 Å². The van der Waals surface area contributed by atoms with Gasteiger partial charge in [-0.05, 0) is 18.9 Å². The van der Waals surface area contributed by atoms with Crippen LogP contribution in [0.5, 0.6) is 0 Å². The van der Waals surface area contributed by atoms with Gasteiger partial charge in [0.1, 0.15) is 0 Å². The second-order valence-corrected chi connectivity index (χ2v) is 3.48. The van der Waals surface area contributed by atoms with E-state index in [0.29, 0.717) is 24.2 Å². The largest absolute Gasteiger partial charge is 0.396 e. The highest BCUT2D eigenvalue weighted by Crippen LogP contribution is 1.99. The average Bonchev–Trinajstić information content (AvgIpc) is 2.52. The smallest absolute Gasteiger partial charge is 0.223 e. The Balaban J connectivity index is 2.15. The lowest BCUT2D eigenvalue weighted by atomic mass is 10.1. The van der Waals surface area contributed by atoms with Gasteiger partial charge in [0.05, 0.1) is 6.54 Å². The van der Waals surface area contributed by atoms with E-state index in [-0.39, 0.29) is 6.61 Å². The molecule has 1 heterocycles. The highest BCUT2D eigenvalue weighted by atomic mass is 16.5. The van der Waals surface area contributed by atoms with Crippen LogP contribution in [-0.4, -0.2) is 28.4 Å². The molecule has 0 radical (unpaired) electrons. The molecule has 1 atom stereocenters. The SMILES string of the molecule is Cc1nc(CNCC(C)CCO)no1. The van der Waals surface area contributed by atoms with Gasteiger partial charge in [0.2, 0.25) is 5.89 Å². The van der Waals surface area contributed by atoms with Gasteiger partial charge in [0.25, 0.3) is 0 Å². The van der Waals surface area contributed by atoms with Gasteiger partial charge in [-0.15, -0.1) is 0 Å². The van der Waals surface area contributed by atoms with E-state index >= 15 is 0 Å². The van der Waals surface area contributed by atoms with Gasteiger partial charge in [0, 0.05) is 13.5 Å². The molecule has 0 spiro atoms. The van der Waals surface area contributed by atoms with E-state index in [1.165, 1.54) is 0 Å². The maximum Gasteiger partial charge on any atom is 0.223 e. The van der Waals surface area contributed by atoms with Crippen LogP contribution in [0, 0.1) is 12.8 Å². The second kappa shape index (κ2) is 5.72. The number of aromatic nitrogens is 2. The van der Waals surface area contributed by atoms with Crippen molar-refractivity contribution in [3.8, 4) is 0 Å². The summed E-state index contributed by atoms with van der Waals surface area (Å²) >= 11 is 0. The number of hydrogen-bond acceptors (Lipinski definition) is 5. The summed E-state index contributed by atoms with van der Waals surface area (Å²) in [6, 6.07) is 0. The lowest BCUT2D eigenvalue weighted by molar-refractivity contribution is 0.260. The molecule has 1 unspecified atom stereocenters. The summed E-state index contributed by atoms with van der Waals surface area (Å²) in [6.45, 7) is 5.57. The highest BCUT2D eigenvalue weighted by Gasteiger charge is 2.03. The summed E-state index contributed by atoms with van der Waals surface area (Å²) in [5.41, 5.74) is 0. The molecule has 5 heteroatoms. The van der Waals surface area contributed by atoms with Crippen LogP contribution in [0.1, 0.15) is 25.1 Å². The molecular weight excluding hydrogens is 182 g/mol. The van der Waals surface area contributed by atoms with Crippen LogP contribution in [0.4, 0.5) is 0 Å². The minimum atomic E-state index is 0.240. The molecule has 0 aliphatic rings. The van der Waals surface area contributed by atoms with Gasteiger partial charge < -0.3 is 14.9 Å². The predicted molar refractivity (Wildman–Crippen MR) is 51.6 cm³/mol. The summed E-state index contributed by atoms with van der Waals surface area (Å²) in [6.07, 6.45) is 0.818. The van der Waals surface area contributed by atoms with E-state index in [2.05, 4.69) is 22.4 Å².